The second-order valence-corrected chi connectivity index (χ2v) is 6.69. The normalized spacial score (nSPS) is 12.8. The number of amides is 2. The molecule has 0 bridgehead atoms. The van der Waals surface area contributed by atoms with Crippen LogP contribution in [0.5, 0.6) is 0 Å². The van der Waals surface area contributed by atoms with Crippen molar-refractivity contribution in [3.63, 3.8) is 0 Å². The molecule has 0 fully saturated rings. The molecule has 2 N–H and O–H groups in total. The minimum absolute atomic E-state index is 0.0184. The third-order valence-corrected chi connectivity index (χ3v) is 4.82. The molecule has 0 radical (unpaired) electrons. The Kier molecular flexibility index (Phi) is 4.31. The zero-order valence-corrected chi connectivity index (χ0v) is 15.2. The van der Waals surface area contributed by atoms with Gasteiger partial charge in [-0.05, 0) is 42.3 Å². The summed E-state index contributed by atoms with van der Waals surface area (Å²) in [6.07, 6.45) is 0.718. The summed E-state index contributed by atoms with van der Waals surface area (Å²) >= 11 is 0. The maximum Gasteiger partial charge on any atom is 0.273 e. The predicted molar refractivity (Wildman–Crippen MR) is 106 cm³/mol. The van der Waals surface area contributed by atoms with Gasteiger partial charge in [0.15, 0.2) is 0 Å². The number of hydrogen-bond acceptors (Lipinski definition) is 4. The molecule has 4 rings (SSSR count). The number of H-pyrrole nitrogens is 1. The van der Waals surface area contributed by atoms with Crippen LogP contribution in [-0.2, 0) is 22.6 Å². The van der Waals surface area contributed by atoms with E-state index in [-0.39, 0.29) is 23.2 Å². The zero-order chi connectivity index (χ0) is 19.8. The third kappa shape index (κ3) is 3.09. The molecular weight excluding hydrogens is 360 g/mol. The summed E-state index contributed by atoms with van der Waals surface area (Å²) in [5, 5.41) is 5.73. The lowest BCUT2D eigenvalue weighted by molar-refractivity contribution is -0.117. The quantitative estimate of drug-likeness (QED) is 0.715. The fourth-order valence-corrected chi connectivity index (χ4v) is 3.51. The molecule has 0 spiro atoms. The van der Waals surface area contributed by atoms with Crippen LogP contribution in [0, 0.1) is 0 Å². The number of nitrogens with one attached hydrogen (secondary N) is 2. The first kappa shape index (κ1) is 17.7. The van der Waals surface area contributed by atoms with Gasteiger partial charge in [0.05, 0.1) is 10.8 Å². The molecule has 0 saturated heterocycles. The highest BCUT2D eigenvalue weighted by atomic mass is 16.2. The van der Waals surface area contributed by atoms with Crippen LogP contribution >= 0.6 is 0 Å². The van der Waals surface area contributed by atoms with Gasteiger partial charge in [-0.1, -0.05) is 12.1 Å². The van der Waals surface area contributed by atoms with Gasteiger partial charge in [0.25, 0.3) is 11.1 Å². The number of benzene rings is 2. The summed E-state index contributed by atoms with van der Waals surface area (Å²) in [6, 6.07) is 11.8. The highest BCUT2D eigenvalue weighted by Gasteiger charge is 2.22. The first-order valence-electron chi connectivity index (χ1n) is 8.87. The number of aromatic nitrogens is 2. The highest BCUT2D eigenvalue weighted by Crippen LogP contribution is 2.30. The molecule has 1 aliphatic rings. The Balaban J connectivity index is 1.55. The van der Waals surface area contributed by atoms with Crippen molar-refractivity contribution in [1.82, 2.24) is 9.78 Å². The van der Waals surface area contributed by atoms with Crippen molar-refractivity contribution in [2.75, 3.05) is 16.8 Å². The van der Waals surface area contributed by atoms with E-state index >= 15 is 0 Å². The maximum atomic E-state index is 12.5. The Bertz CT molecular complexity index is 1220. The van der Waals surface area contributed by atoms with Gasteiger partial charge >= 0.3 is 0 Å². The van der Waals surface area contributed by atoms with E-state index < -0.39 is 17.0 Å². The molecule has 0 atom stereocenters. The van der Waals surface area contributed by atoms with Crippen molar-refractivity contribution in [3.05, 3.63) is 68.7 Å². The van der Waals surface area contributed by atoms with Gasteiger partial charge in [-0.3, -0.25) is 24.3 Å². The van der Waals surface area contributed by atoms with Crippen LogP contribution in [0.2, 0.25) is 0 Å². The van der Waals surface area contributed by atoms with Crippen LogP contribution in [0.15, 0.2) is 52.1 Å². The molecule has 0 unspecified atom stereocenters. The highest BCUT2D eigenvalue weighted by molar-refractivity contribution is 5.95. The van der Waals surface area contributed by atoms with Crippen molar-refractivity contribution < 1.29 is 9.59 Å². The molecule has 8 nitrogen and oxygen atoms in total. The molecular formula is C20H18N4O4. The molecule has 1 aromatic heterocycles. The fourth-order valence-electron chi connectivity index (χ4n) is 3.51. The Hall–Kier alpha value is -3.68. The van der Waals surface area contributed by atoms with Crippen LogP contribution in [-0.4, -0.2) is 28.1 Å². The maximum absolute atomic E-state index is 12.5. The smallest absolute Gasteiger partial charge is 0.273 e. The number of anilines is 2. The van der Waals surface area contributed by atoms with Gasteiger partial charge in [-0.25, -0.2) is 4.68 Å². The average molecular weight is 378 g/mol. The van der Waals surface area contributed by atoms with E-state index in [1.807, 2.05) is 6.07 Å². The fraction of sp³-hybridized carbons (Fsp3) is 0.200. The number of rotatable bonds is 3. The number of fused-ring (bicyclic) bond motifs is 2. The summed E-state index contributed by atoms with van der Waals surface area (Å²) in [5.74, 6) is -0.454. The summed E-state index contributed by atoms with van der Waals surface area (Å²) in [6.45, 7) is 1.83. The minimum Gasteiger partial charge on any atom is -0.324 e. The van der Waals surface area contributed by atoms with Gasteiger partial charge in [0.2, 0.25) is 11.8 Å². The van der Waals surface area contributed by atoms with E-state index in [2.05, 4.69) is 10.4 Å². The average Bonchev–Trinajstić information content (AvgIpc) is 3.09. The summed E-state index contributed by atoms with van der Waals surface area (Å²) in [7, 11) is 0. The lowest BCUT2D eigenvalue weighted by Crippen LogP contribution is -2.34. The molecule has 2 aromatic carbocycles. The molecule has 2 heterocycles. The van der Waals surface area contributed by atoms with E-state index in [1.54, 1.807) is 41.3 Å². The van der Waals surface area contributed by atoms with Crippen molar-refractivity contribution in [1.29, 1.82) is 0 Å². The van der Waals surface area contributed by atoms with E-state index in [4.69, 9.17) is 0 Å². The summed E-state index contributed by atoms with van der Waals surface area (Å²) in [5.41, 5.74) is 1.54. The Labute approximate surface area is 159 Å². The Morgan fingerprint density at radius 1 is 1.11 bits per heavy atom. The first-order chi connectivity index (χ1) is 13.4. The first-order valence-corrected chi connectivity index (χ1v) is 8.87. The molecule has 3 aromatic rings. The van der Waals surface area contributed by atoms with E-state index in [9.17, 15) is 19.2 Å². The van der Waals surface area contributed by atoms with Gasteiger partial charge in [-0.15, -0.1) is 0 Å². The van der Waals surface area contributed by atoms with Crippen LogP contribution in [0.4, 0.5) is 11.4 Å². The number of nitrogens with zero attached hydrogens (tertiary/aromatic N) is 2. The van der Waals surface area contributed by atoms with Crippen molar-refractivity contribution in [2.24, 2.45) is 0 Å². The number of aromatic amines is 1. The van der Waals surface area contributed by atoms with E-state index in [0.717, 1.165) is 22.4 Å². The van der Waals surface area contributed by atoms with Gasteiger partial charge in [0, 0.05) is 24.8 Å². The minimum atomic E-state index is -0.436. The topological polar surface area (TPSA) is 104 Å². The second kappa shape index (κ2) is 6.80. The lowest BCUT2D eigenvalue weighted by atomic mass is 10.1. The van der Waals surface area contributed by atoms with E-state index in [0.29, 0.717) is 12.2 Å². The molecule has 142 valence electrons. The van der Waals surface area contributed by atoms with Crippen LogP contribution < -0.4 is 21.3 Å². The lowest BCUT2D eigenvalue weighted by Gasteiger charge is -2.15. The van der Waals surface area contributed by atoms with Crippen molar-refractivity contribution in [3.8, 4) is 0 Å². The molecule has 1 aliphatic heterocycles. The summed E-state index contributed by atoms with van der Waals surface area (Å²) in [4.78, 5) is 50.3. The largest absolute Gasteiger partial charge is 0.324 e. The third-order valence-electron chi connectivity index (χ3n) is 4.82. The predicted octanol–water partition coefficient (Wildman–Crippen LogP) is 1.24. The monoisotopic (exact) mass is 378 g/mol. The zero-order valence-electron chi connectivity index (χ0n) is 15.2. The molecule has 0 aliphatic carbocycles. The molecule has 0 saturated carbocycles. The second-order valence-electron chi connectivity index (χ2n) is 6.69. The number of hydrogen-bond donors (Lipinski definition) is 2. The summed E-state index contributed by atoms with van der Waals surface area (Å²) < 4.78 is 1.00. The van der Waals surface area contributed by atoms with Crippen molar-refractivity contribution >= 4 is 34.0 Å². The SMILES string of the molecule is CC(=O)N1CCc2cc(NC(=O)Cn3[nH]c(=O)c4ccccc4c3=O)ccc21. The van der Waals surface area contributed by atoms with Crippen molar-refractivity contribution in [2.45, 2.75) is 19.9 Å². The van der Waals surface area contributed by atoms with Crippen LogP contribution in [0.25, 0.3) is 10.8 Å². The number of carbonyl (C=O) groups is 2. The molecule has 8 heteroatoms. The van der Waals surface area contributed by atoms with Gasteiger partial charge in [-0.2, -0.15) is 0 Å². The van der Waals surface area contributed by atoms with E-state index in [1.165, 1.54) is 6.92 Å². The molecule has 2 amide bonds. The Morgan fingerprint density at radius 3 is 2.61 bits per heavy atom. The standard InChI is InChI=1S/C20H18N4O4/c1-12(25)23-9-8-13-10-14(6-7-17(13)23)21-18(26)11-24-20(28)16-5-3-2-4-15(16)19(27)22-24/h2-7,10H,8-9,11H2,1H3,(H,21,26)(H,22,27). The Morgan fingerprint density at radius 2 is 1.86 bits per heavy atom. The van der Waals surface area contributed by atoms with Crippen LogP contribution in [0.1, 0.15) is 12.5 Å². The van der Waals surface area contributed by atoms with Crippen LogP contribution in [0.3, 0.4) is 0 Å². The van der Waals surface area contributed by atoms with Gasteiger partial charge < -0.3 is 10.2 Å². The number of carbonyl (C=O) groups excluding carboxylic acids is 2. The molecule has 28 heavy (non-hydrogen) atoms. The van der Waals surface area contributed by atoms with Gasteiger partial charge in [0.1, 0.15) is 6.54 Å².